The molecule has 0 saturated carbocycles. The Kier molecular flexibility index (Phi) is 8.15. The van der Waals surface area contributed by atoms with Crippen LogP contribution < -0.4 is 19.5 Å². The van der Waals surface area contributed by atoms with Crippen molar-refractivity contribution in [1.82, 2.24) is 4.90 Å². The van der Waals surface area contributed by atoms with Crippen LogP contribution in [0.5, 0.6) is 17.2 Å². The molecule has 3 rings (SSSR count). The number of likely N-dealkylation sites (tertiary alicyclic amines) is 1. The molecule has 7 nitrogen and oxygen atoms in total. The van der Waals surface area contributed by atoms with E-state index in [1.165, 1.54) is 0 Å². The molecular formula is C24H30N2O5. The fourth-order valence-electron chi connectivity index (χ4n) is 3.46. The summed E-state index contributed by atoms with van der Waals surface area (Å²) in [6.45, 7) is 3.78. The van der Waals surface area contributed by atoms with E-state index in [9.17, 15) is 9.59 Å². The number of carbonyl (C=O) groups is 2. The fraction of sp³-hybridized carbons (Fsp3) is 0.417. The number of piperidine rings is 1. The summed E-state index contributed by atoms with van der Waals surface area (Å²) in [6.07, 6.45) is 2.19. The van der Waals surface area contributed by atoms with Gasteiger partial charge in [0.2, 0.25) is 5.91 Å². The minimum Gasteiger partial charge on any atom is -0.495 e. The number of anilines is 1. The van der Waals surface area contributed by atoms with E-state index in [0.29, 0.717) is 49.7 Å². The first-order valence-corrected chi connectivity index (χ1v) is 10.7. The first-order chi connectivity index (χ1) is 15.1. The molecule has 1 saturated heterocycles. The third-order valence-corrected chi connectivity index (χ3v) is 5.24. The molecule has 2 aromatic carbocycles. The van der Waals surface area contributed by atoms with Crippen molar-refractivity contribution in [2.24, 2.45) is 5.92 Å². The minimum atomic E-state index is -0.134. The summed E-state index contributed by atoms with van der Waals surface area (Å²) in [5, 5.41) is 2.94. The van der Waals surface area contributed by atoms with Gasteiger partial charge in [-0.3, -0.25) is 9.59 Å². The van der Waals surface area contributed by atoms with Crippen molar-refractivity contribution in [3.8, 4) is 17.2 Å². The molecule has 7 heteroatoms. The third-order valence-electron chi connectivity index (χ3n) is 5.24. The Bertz CT molecular complexity index is 861. The highest BCUT2D eigenvalue weighted by atomic mass is 16.5. The predicted molar refractivity (Wildman–Crippen MR) is 119 cm³/mol. The molecular weight excluding hydrogens is 396 g/mol. The fourth-order valence-corrected chi connectivity index (χ4v) is 3.46. The molecule has 1 fully saturated rings. The number of rotatable bonds is 9. The molecule has 31 heavy (non-hydrogen) atoms. The summed E-state index contributed by atoms with van der Waals surface area (Å²) >= 11 is 0. The second-order valence-electron chi connectivity index (χ2n) is 7.45. The van der Waals surface area contributed by atoms with Crippen molar-refractivity contribution in [3.63, 3.8) is 0 Å². The summed E-state index contributed by atoms with van der Waals surface area (Å²) in [7, 11) is 1.58. The zero-order valence-corrected chi connectivity index (χ0v) is 18.1. The third kappa shape index (κ3) is 6.38. The molecule has 0 bridgehead atoms. The molecule has 1 N–H and O–H groups in total. The second kappa shape index (κ2) is 11.2. The van der Waals surface area contributed by atoms with Crippen LogP contribution in [0.4, 0.5) is 5.69 Å². The van der Waals surface area contributed by atoms with Gasteiger partial charge in [0.15, 0.2) is 6.61 Å². The van der Waals surface area contributed by atoms with Crippen LogP contribution in [0.1, 0.15) is 26.2 Å². The van der Waals surface area contributed by atoms with Crippen LogP contribution in [0, 0.1) is 5.92 Å². The van der Waals surface area contributed by atoms with E-state index in [1.807, 2.05) is 36.4 Å². The van der Waals surface area contributed by atoms with E-state index in [2.05, 4.69) is 12.2 Å². The average Bonchev–Trinajstić information content (AvgIpc) is 2.82. The summed E-state index contributed by atoms with van der Waals surface area (Å²) in [5.41, 5.74) is 0.660. The lowest BCUT2D eigenvalue weighted by atomic mass is 9.95. The molecule has 0 atom stereocenters. The molecule has 1 aliphatic heterocycles. The van der Waals surface area contributed by atoms with Crippen molar-refractivity contribution in [2.75, 3.05) is 38.7 Å². The van der Waals surface area contributed by atoms with Crippen LogP contribution in [0.3, 0.4) is 0 Å². The van der Waals surface area contributed by atoms with Crippen molar-refractivity contribution in [3.05, 3.63) is 48.5 Å². The van der Waals surface area contributed by atoms with Crippen molar-refractivity contribution >= 4 is 17.5 Å². The molecule has 0 unspecified atom stereocenters. The maximum Gasteiger partial charge on any atom is 0.260 e. The summed E-state index contributed by atoms with van der Waals surface area (Å²) in [6, 6.07) is 14.6. The number of para-hydroxylation sites is 2. The largest absolute Gasteiger partial charge is 0.495 e. The molecule has 0 aliphatic carbocycles. The Morgan fingerprint density at radius 2 is 1.65 bits per heavy atom. The molecule has 0 radical (unpaired) electrons. The second-order valence-corrected chi connectivity index (χ2v) is 7.45. The summed E-state index contributed by atoms with van der Waals surface area (Å²) in [4.78, 5) is 26.9. The Labute approximate surface area is 183 Å². The SMILES string of the molecule is CCCOc1ccc(OCC(=O)N2CCC(C(=O)Nc3ccccc3OC)CC2)cc1. The maximum absolute atomic E-state index is 12.6. The zero-order chi connectivity index (χ0) is 22.1. The van der Waals surface area contributed by atoms with Gasteiger partial charge in [-0.2, -0.15) is 0 Å². The van der Waals surface area contributed by atoms with Gasteiger partial charge in [0.05, 0.1) is 19.4 Å². The number of hydrogen-bond acceptors (Lipinski definition) is 5. The number of ether oxygens (including phenoxy) is 3. The monoisotopic (exact) mass is 426 g/mol. The molecule has 2 aromatic rings. The van der Waals surface area contributed by atoms with Gasteiger partial charge in [-0.05, 0) is 55.7 Å². The van der Waals surface area contributed by atoms with Gasteiger partial charge in [0, 0.05) is 19.0 Å². The topological polar surface area (TPSA) is 77.1 Å². The number of methoxy groups -OCH3 is 1. The van der Waals surface area contributed by atoms with Crippen LogP contribution in [0.25, 0.3) is 0 Å². The molecule has 1 aliphatic rings. The van der Waals surface area contributed by atoms with Gasteiger partial charge >= 0.3 is 0 Å². The van der Waals surface area contributed by atoms with Crippen molar-refractivity contribution in [1.29, 1.82) is 0 Å². The first-order valence-electron chi connectivity index (χ1n) is 10.7. The number of amides is 2. The van der Waals surface area contributed by atoms with E-state index < -0.39 is 0 Å². The van der Waals surface area contributed by atoms with E-state index in [-0.39, 0.29) is 24.3 Å². The molecule has 1 heterocycles. The molecule has 2 amide bonds. The number of nitrogens with one attached hydrogen (secondary N) is 1. The van der Waals surface area contributed by atoms with E-state index >= 15 is 0 Å². The highest BCUT2D eigenvalue weighted by Gasteiger charge is 2.28. The van der Waals surface area contributed by atoms with Gasteiger partial charge in [-0.1, -0.05) is 19.1 Å². The van der Waals surface area contributed by atoms with Crippen LogP contribution in [-0.2, 0) is 9.59 Å². The smallest absolute Gasteiger partial charge is 0.260 e. The quantitative estimate of drug-likeness (QED) is 0.661. The highest BCUT2D eigenvalue weighted by Crippen LogP contribution is 2.26. The summed E-state index contributed by atoms with van der Waals surface area (Å²) in [5.74, 6) is 1.79. The Morgan fingerprint density at radius 1 is 1.00 bits per heavy atom. The first kappa shape index (κ1) is 22.5. The predicted octanol–water partition coefficient (Wildman–Crippen LogP) is 3.74. The lowest BCUT2D eigenvalue weighted by molar-refractivity contribution is -0.136. The molecule has 0 spiro atoms. The number of hydrogen-bond donors (Lipinski definition) is 1. The average molecular weight is 427 g/mol. The van der Waals surface area contributed by atoms with Crippen LogP contribution in [-0.4, -0.2) is 50.1 Å². The molecule has 0 aromatic heterocycles. The van der Waals surface area contributed by atoms with E-state index in [1.54, 1.807) is 24.1 Å². The molecule has 166 valence electrons. The van der Waals surface area contributed by atoms with Crippen LogP contribution in [0.15, 0.2) is 48.5 Å². The van der Waals surface area contributed by atoms with Crippen LogP contribution >= 0.6 is 0 Å². The number of nitrogens with zero attached hydrogens (tertiary/aromatic N) is 1. The van der Waals surface area contributed by atoms with Gasteiger partial charge in [0.25, 0.3) is 5.91 Å². The van der Waals surface area contributed by atoms with Crippen molar-refractivity contribution < 1.29 is 23.8 Å². The lowest BCUT2D eigenvalue weighted by Crippen LogP contribution is -2.43. The minimum absolute atomic E-state index is 0.0206. The maximum atomic E-state index is 12.6. The zero-order valence-electron chi connectivity index (χ0n) is 18.1. The normalized spacial score (nSPS) is 14.1. The Balaban J connectivity index is 1.42. The van der Waals surface area contributed by atoms with Crippen molar-refractivity contribution in [2.45, 2.75) is 26.2 Å². The highest BCUT2D eigenvalue weighted by molar-refractivity contribution is 5.94. The number of benzene rings is 2. The van der Waals surface area contributed by atoms with Gasteiger partial charge in [-0.25, -0.2) is 0 Å². The van der Waals surface area contributed by atoms with Gasteiger partial charge < -0.3 is 24.4 Å². The Morgan fingerprint density at radius 3 is 2.29 bits per heavy atom. The number of carbonyl (C=O) groups excluding carboxylic acids is 2. The van der Waals surface area contributed by atoms with E-state index in [4.69, 9.17) is 14.2 Å². The van der Waals surface area contributed by atoms with Gasteiger partial charge in [-0.15, -0.1) is 0 Å². The van der Waals surface area contributed by atoms with Crippen LogP contribution in [0.2, 0.25) is 0 Å². The standard InChI is InChI=1S/C24H30N2O5/c1-3-16-30-19-8-10-20(11-9-19)31-17-23(27)26-14-12-18(13-15-26)24(28)25-21-6-4-5-7-22(21)29-2/h4-11,18H,3,12-17H2,1-2H3,(H,25,28). The Hall–Kier alpha value is -3.22. The summed E-state index contributed by atoms with van der Waals surface area (Å²) < 4.78 is 16.4. The van der Waals surface area contributed by atoms with Gasteiger partial charge in [0.1, 0.15) is 17.2 Å². The lowest BCUT2D eigenvalue weighted by Gasteiger charge is -2.31. The van der Waals surface area contributed by atoms with E-state index in [0.717, 1.165) is 12.2 Å².